The molecule has 0 aliphatic rings. The molecule has 0 amide bonds. The van der Waals surface area contributed by atoms with Gasteiger partial charge in [-0.25, -0.2) is 4.39 Å². The average molecular weight is 273 g/mol. The third kappa shape index (κ3) is 3.08. The summed E-state index contributed by atoms with van der Waals surface area (Å²) in [5, 5.41) is 0. The lowest BCUT2D eigenvalue weighted by molar-refractivity contribution is 0.297. The predicted molar refractivity (Wildman–Crippen MR) is 81.8 cm³/mol. The zero-order valence-corrected chi connectivity index (χ0v) is 11.8. The zero-order valence-electron chi connectivity index (χ0n) is 11.8. The minimum atomic E-state index is -0.227. The Kier molecular flexibility index (Phi) is 4.25. The highest BCUT2D eigenvalue weighted by molar-refractivity contribution is 5.67. The smallest absolute Gasteiger partial charge is 0.123 e. The molecule has 0 heterocycles. The number of rotatable bonds is 4. The highest BCUT2D eigenvalue weighted by Gasteiger charge is 2.17. The fraction of sp³-hybridized carbons (Fsp3) is 0.250. The normalized spacial score (nSPS) is 12.6. The first kappa shape index (κ1) is 14.3. The summed E-state index contributed by atoms with van der Waals surface area (Å²) in [5.41, 5.74) is 15.0. The Morgan fingerprint density at radius 1 is 1.10 bits per heavy atom. The van der Waals surface area contributed by atoms with Gasteiger partial charge in [-0.05, 0) is 49.8 Å². The molecule has 3 nitrogen and oxygen atoms in total. The number of hydrogen-bond acceptors (Lipinski definition) is 3. The van der Waals surface area contributed by atoms with Gasteiger partial charge in [-0.15, -0.1) is 0 Å². The van der Waals surface area contributed by atoms with Gasteiger partial charge in [-0.1, -0.05) is 24.3 Å². The number of nitrogens with two attached hydrogens (primary N) is 2. The summed E-state index contributed by atoms with van der Waals surface area (Å²) in [6.45, 7) is 0. The van der Waals surface area contributed by atoms with Gasteiger partial charge >= 0.3 is 0 Å². The molecule has 1 unspecified atom stereocenters. The molecule has 2 aromatic carbocycles. The fourth-order valence-corrected chi connectivity index (χ4v) is 2.33. The van der Waals surface area contributed by atoms with Crippen molar-refractivity contribution in [3.05, 3.63) is 59.4 Å². The van der Waals surface area contributed by atoms with E-state index in [1.54, 1.807) is 18.2 Å². The van der Waals surface area contributed by atoms with Crippen LogP contribution in [0.3, 0.4) is 0 Å². The lowest BCUT2D eigenvalue weighted by Gasteiger charge is -2.25. The number of hydrogen-bond donors (Lipinski definition) is 2. The molecule has 2 rings (SSSR count). The predicted octanol–water partition coefficient (Wildman–Crippen LogP) is 2.84. The summed E-state index contributed by atoms with van der Waals surface area (Å²) < 4.78 is 13.4. The molecule has 2 aromatic rings. The maximum absolute atomic E-state index is 13.4. The molecule has 0 aromatic heterocycles. The summed E-state index contributed by atoms with van der Waals surface area (Å²) >= 11 is 0. The standard InChI is InChI=1S/C16H20FN3/c1-20(2)15(11-5-3-7-13(17)9-11)10-12-6-4-8-14(18)16(12)19/h3-9,15H,10,18-19H2,1-2H3. The molecule has 0 saturated carbocycles. The zero-order chi connectivity index (χ0) is 14.7. The van der Waals surface area contributed by atoms with E-state index in [0.717, 1.165) is 11.1 Å². The molecule has 4 N–H and O–H groups in total. The Balaban J connectivity index is 2.33. The van der Waals surface area contributed by atoms with Gasteiger partial charge in [-0.3, -0.25) is 0 Å². The van der Waals surface area contributed by atoms with Crippen LogP contribution in [0, 0.1) is 5.82 Å². The van der Waals surface area contributed by atoms with Crippen LogP contribution in [0.4, 0.5) is 15.8 Å². The topological polar surface area (TPSA) is 55.3 Å². The average Bonchev–Trinajstić information content (AvgIpc) is 2.40. The summed E-state index contributed by atoms with van der Waals surface area (Å²) in [6, 6.07) is 12.3. The van der Waals surface area contributed by atoms with E-state index in [9.17, 15) is 4.39 Å². The van der Waals surface area contributed by atoms with Crippen LogP contribution in [0.25, 0.3) is 0 Å². The van der Waals surface area contributed by atoms with Crippen molar-refractivity contribution in [1.82, 2.24) is 4.90 Å². The molecule has 0 aliphatic carbocycles. The number of benzene rings is 2. The summed E-state index contributed by atoms with van der Waals surface area (Å²) in [4.78, 5) is 2.05. The van der Waals surface area contributed by atoms with Crippen LogP contribution < -0.4 is 11.5 Å². The molecule has 1 atom stereocenters. The van der Waals surface area contributed by atoms with E-state index in [4.69, 9.17) is 11.5 Å². The van der Waals surface area contributed by atoms with Crippen molar-refractivity contribution in [3.63, 3.8) is 0 Å². The van der Waals surface area contributed by atoms with Crippen molar-refractivity contribution < 1.29 is 4.39 Å². The van der Waals surface area contributed by atoms with E-state index in [2.05, 4.69) is 4.90 Å². The number of halogens is 1. The molecule has 20 heavy (non-hydrogen) atoms. The van der Waals surface area contributed by atoms with E-state index in [1.165, 1.54) is 6.07 Å². The minimum Gasteiger partial charge on any atom is -0.397 e. The van der Waals surface area contributed by atoms with Gasteiger partial charge in [-0.2, -0.15) is 0 Å². The highest BCUT2D eigenvalue weighted by atomic mass is 19.1. The van der Waals surface area contributed by atoms with Crippen LogP contribution in [0.15, 0.2) is 42.5 Å². The van der Waals surface area contributed by atoms with Crippen molar-refractivity contribution >= 4 is 11.4 Å². The molecular formula is C16H20FN3. The van der Waals surface area contributed by atoms with Crippen LogP contribution in [0.2, 0.25) is 0 Å². The molecular weight excluding hydrogens is 253 g/mol. The molecule has 0 fully saturated rings. The SMILES string of the molecule is CN(C)C(Cc1cccc(N)c1N)c1cccc(F)c1. The van der Waals surface area contributed by atoms with Gasteiger partial charge in [0, 0.05) is 6.04 Å². The summed E-state index contributed by atoms with van der Waals surface area (Å²) in [6.07, 6.45) is 0.688. The van der Waals surface area contributed by atoms with E-state index >= 15 is 0 Å². The Hall–Kier alpha value is -2.07. The number of likely N-dealkylation sites (N-methyl/N-ethyl adjacent to an activating group) is 1. The van der Waals surface area contributed by atoms with Crippen LogP contribution in [0.1, 0.15) is 17.2 Å². The maximum atomic E-state index is 13.4. The van der Waals surface area contributed by atoms with E-state index < -0.39 is 0 Å². The number of nitrogen functional groups attached to an aromatic ring is 2. The second-order valence-corrected chi connectivity index (χ2v) is 5.16. The fourth-order valence-electron chi connectivity index (χ4n) is 2.33. The maximum Gasteiger partial charge on any atom is 0.123 e. The summed E-state index contributed by atoms with van der Waals surface area (Å²) in [7, 11) is 3.94. The second-order valence-electron chi connectivity index (χ2n) is 5.16. The molecule has 106 valence electrons. The Morgan fingerprint density at radius 2 is 1.80 bits per heavy atom. The van der Waals surface area contributed by atoms with Gasteiger partial charge in [0.05, 0.1) is 11.4 Å². The van der Waals surface area contributed by atoms with E-state index in [0.29, 0.717) is 17.8 Å². The molecule has 0 radical (unpaired) electrons. The van der Waals surface area contributed by atoms with Gasteiger partial charge in [0.1, 0.15) is 5.82 Å². The van der Waals surface area contributed by atoms with E-state index in [-0.39, 0.29) is 11.9 Å². The Labute approximate surface area is 119 Å². The lowest BCUT2D eigenvalue weighted by Crippen LogP contribution is -2.22. The van der Waals surface area contributed by atoms with Crippen LogP contribution in [0.5, 0.6) is 0 Å². The van der Waals surface area contributed by atoms with Gasteiger partial charge in [0.25, 0.3) is 0 Å². The Bertz CT molecular complexity index is 596. The van der Waals surface area contributed by atoms with Gasteiger partial charge in [0.2, 0.25) is 0 Å². The first-order valence-electron chi connectivity index (χ1n) is 6.53. The third-order valence-corrected chi connectivity index (χ3v) is 3.50. The quantitative estimate of drug-likeness (QED) is 0.842. The second kappa shape index (κ2) is 5.92. The third-order valence-electron chi connectivity index (χ3n) is 3.50. The minimum absolute atomic E-state index is 0.0507. The summed E-state index contributed by atoms with van der Waals surface area (Å²) in [5.74, 6) is -0.227. The van der Waals surface area contributed by atoms with Crippen LogP contribution in [-0.2, 0) is 6.42 Å². The van der Waals surface area contributed by atoms with Crippen molar-refractivity contribution in [2.75, 3.05) is 25.6 Å². The monoisotopic (exact) mass is 273 g/mol. The number of para-hydroxylation sites is 1. The molecule has 0 bridgehead atoms. The van der Waals surface area contributed by atoms with Gasteiger partial charge in [0.15, 0.2) is 0 Å². The van der Waals surface area contributed by atoms with Crippen molar-refractivity contribution in [1.29, 1.82) is 0 Å². The molecule has 0 spiro atoms. The highest BCUT2D eigenvalue weighted by Crippen LogP contribution is 2.28. The largest absolute Gasteiger partial charge is 0.397 e. The first-order valence-corrected chi connectivity index (χ1v) is 6.53. The van der Waals surface area contributed by atoms with E-state index in [1.807, 2.05) is 32.3 Å². The molecule has 0 aliphatic heterocycles. The van der Waals surface area contributed by atoms with Crippen molar-refractivity contribution in [2.45, 2.75) is 12.5 Å². The molecule has 0 saturated heterocycles. The lowest BCUT2D eigenvalue weighted by atomic mass is 9.96. The van der Waals surface area contributed by atoms with Crippen molar-refractivity contribution in [3.8, 4) is 0 Å². The van der Waals surface area contributed by atoms with Crippen molar-refractivity contribution in [2.24, 2.45) is 0 Å². The Morgan fingerprint density at radius 3 is 2.45 bits per heavy atom. The van der Waals surface area contributed by atoms with Gasteiger partial charge < -0.3 is 16.4 Å². The first-order chi connectivity index (χ1) is 9.49. The number of anilines is 2. The molecule has 4 heteroatoms. The van der Waals surface area contributed by atoms with Crippen LogP contribution >= 0.6 is 0 Å². The number of nitrogens with zero attached hydrogens (tertiary/aromatic N) is 1. The van der Waals surface area contributed by atoms with Crippen LogP contribution in [-0.4, -0.2) is 19.0 Å².